The molecular formula is C23H28N4OS. The maximum atomic E-state index is 12.7. The van der Waals surface area contributed by atoms with E-state index in [2.05, 4.69) is 63.8 Å². The van der Waals surface area contributed by atoms with E-state index in [0.717, 1.165) is 50.8 Å². The van der Waals surface area contributed by atoms with Gasteiger partial charge in [0, 0.05) is 51.7 Å². The van der Waals surface area contributed by atoms with Crippen molar-refractivity contribution < 1.29 is 4.79 Å². The summed E-state index contributed by atoms with van der Waals surface area (Å²) >= 11 is 1.55. The molecule has 1 aromatic heterocycles. The van der Waals surface area contributed by atoms with E-state index in [1.54, 1.807) is 11.8 Å². The van der Waals surface area contributed by atoms with Gasteiger partial charge in [-0.05, 0) is 22.8 Å². The van der Waals surface area contributed by atoms with Crippen LogP contribution in [-0.4, -0.2) is 57.2 Å². The topological polar surface area (TPSA) is 41.4 Å². The van der Waals surface area contributed by atoms with Crippen molar-refractivity contribution in [2.45, 2.75) is 31.6 Å². The molecular weight excluding hydrogens is 380 g/mol. The molecule has 5 nitrogen and oxygen atoms in total. The maximum Gasteiger partial charge on any atom is 0.233 e. The van der Waals surface area contributed by atoms with Gasteiger partial charge < -0.3 is 9.47 Å². The van der Waals surface area contributed by atoms with Crippen molar-refractivity contribution in [3.63, 3.8) is 0 Å². The number of benzene rings is 2. The summed E-state index contributed by atoms with van der Waals surface area (Å²) < 4.78 is 2.13. The number of amides is 1. The predicted molar refractivity (Wildman–Crippen MR) is 119 cm³/mol. The zero-order valence-electron chi connectivity index (χ0n) is 17.0. The Labute approximate surface area is 176 Å². The third-order valence-corrected chi connectivity index (χ3v) is 6.45. The zero-order valence-corrected chi connectivity index (χ0v) is 17.8. The lowest BCUT2D eigenvalue weighted by Crippen LogP contribution is -2.48. The molecule has 0 radical (unpaired) electrons. The van der Waals surface area contributed by atoms with Gasteiger partial charge in [0.05, 0.1) is 5.75 Å². The van der Waals surface area contributed by atoms with Gasteiger partial charge in [-0.15, -0.1) is 0 Å². The van der Waals surface area contributed by atoms with Crippen LogP contribution in [0.2, 0.25) is 0 Å². The number of thioether (sulfide) groups is 1. The molecule has 1 aliphatic heterocycles. The second-order valence-electron chi connectivity index (χ2n) is 7.49. The second kappa shape index (κ2) is 9.46. The van der Waals surface area contributed by atoms with Gasteiger partial charge in [0.1, 0.15) is 0 Å². The zero-order chi connectivity index (χ0) is 20.1. The largest absolute Gasteiger partial charge is 0.339 e. The van der Waals surface area contributed by atoms with Crippen molar-refractivity contribution in [3.05, 3.63) is 60.4 Å². The minimum atomic E-state index is 0.214. The van der Waals surface area contributed by atoms with Crippen LogP contribution in [-0.2, 0) is 17.9 Å². The van der Waals surface area contributed by atoms with Crippen LogP contribution in [0.1, 0.15) is 18.9 Å². The van der Waals surface area contributed by atoms with Crippen molar-refractivity contribution in [1.82, 2.24) is 19.4 Å². The summed E-state index contributed by atoms with van der Waals surface area (Å²) in [6.07, 6.45) is 4.87. The monoisotopic (exact) mass is 408 g/mol. The Kier molecular flexibility index (Phi) is 6.52. The minimum absolute atomic E-state index is 0.214. The first-order valence-electron chi connectivity index (χ1n) is 10.4. The summed E-state index contributed by atoms with van der Waals surface area (Å²) in [5.41, 5.74) is 1.36. The average Bonchev–Trinajstić information content (AvgIpc) is 3.20. The maximum absolute atomic E-state index is 12.7. The van der Waals surface area contributed by atoms with Gasteiger partial charge in [0.2, 0.25) is 5.91 Å². The van der Waals surface area contributed by atoms with Crippen molar-refractivity contribution >= 4 is 28.4 Å². The van der Waals surface area contributed by atoms with E-state index in [0.29, 0.717) is 5.75 Å². The Bertz CT molecular complexity index is 957. The van der Waals surface area contributed by atoms with E-state index in [-0.39, 0.29) is 5.91 Å². The number of imidazole rings is 1. The average molecular weight is 409 g/mol. The summed E-state index contributed by atoms with van der Waals surface area (Å²) in [6, 6.07) is 15.1. The van der Waals surface area contributed by atoms with Crippen molar-refractivity contribution in [2.75, 3.05) is 31.9 Å². The molecule has 152 valence electrons. The first-order valence-corrected chi connectivity index (χ1v) is 11.3. The molecule has 29 heavy (non-hydrogen) atoms. The standard InChI is InChI=1S/C23H28N4OS/c1-2-11-27-12-10-24-23(27)29-18-22(28)26-15-13-25(14-16-26)17-20-8-5-7-19-6-3-4-9-21(19)20/h3-10,12H,2,11,13-18H2,1H3. The lowest BCUT2D eigenvalue weighted by molar-refractivity contribution is -0.130. The first-order chi connectivity index (χ1) is 14.2. The van der Waals surface area contributed by atoms with Crippen LogP contribution in [0.25, 0.3) is 10.8 Å². The molecule has 3 aromatic rings. The van der Waals surface area contributed by atoms with Gasteiger partial charge >= 0.3 is 0 Å². The molecule has 4 rings (SSSR count). The first kappa shape index (κ1) is 20.0. The number of hydrogen-bond donors (Lipinski definition) is 0. The van der Waals surface area contributed by atoms with Crippen LogP contribution in [0, 0.1) is 0 Å². The fraction of sp³-hybridized carbons (Fsp3) is 0.391. The number of nitrogens with zero attached hydrogens (tertiary/aromatic N) is 4. The SMILES string of the molecule is CCCn1ccnc1SCC(=O)N1CCN(Cc2cccc3ccccc23)CC1. The Morgan fingerprint density at radius 2 is 1.86 bits per heavy atom. The number of aryl methyl sites for hydroxylation is 1. The normalized spacial score (nSPS) is 15.1. The fourth-order valence-corrected chi connectivity index (χ4v) is 4.78. The number of carbonyl (C=O) groups is 1. The quantitative estimate of drug-likeness (QED) is 0.557. The summed E-state index contributed by atoms with van der Waals surface area (Å²) in [5.74, 6) is 0.676. The molecule has 0 aliphatic carbocycles. The third kappa shape index (κ3) is 4.82. The Hall–Kier alpha value is -2.31. The van der Waals surface area contributed by atoms with Crippen molar-refractivity contribution in [1.29, 1.82) is 0 Å². The Morgan fingerprint density at radius 3 is 2.69 bits per heavy atom. The molecule has 0 saturated carbocycles. The van der Waals surface area contributed by atoms with E-state index < -0.39 is 0 Å². The molecule has 1 amide bonds. The second-order valence-corrected chi connectivity index (χ2v) is 8.43. The molecule has 0 atom stereocenters. The number of aromatic nitrogens is 2. The molecule has 0 spiro atoms. The van der Waals surface area contributed by atoms with Crippen LogP contribution >= 0.6 is 11.8 Å². The van der Waals surface area contributed by atoms with Crippen LogP contribution < -0.4 is 0 Å². The van der Waals surface area contributed by atoms with Gasteiger partial charge in [0.25, 0.3) is 0 Å². The summed E-state index contributed by atoms with van der Waals surface area (Å²) in [5, 5.41) is 3.56. The molecule has 0 bridgehead atoms. The molecule has 2 heterocycles. The summed E-state index contributed by atoms with van der Waals surface area (Å²) in [4.78, 5) is 21.5. The third-order valence-electron chi connectivity index (χ3n) is 5.47. The number of hydrogen-bond acceptors (Lipinski definition) is 4. The number of piperazine rings is 1. The van der Waals surface area contributed by atoms with E-state index >= 15 is 0 Å². The molecule has 1 fully saturated rings. The molecule has 1 saturated heterocycles. The van der Waals surface area contributed by atoms with E-state index in [1.807, 2.05) is 17.3 Å². The summed E-state index contributed by atoms with van der Waals surface area (Å²) in [7, 11) is 0. The van der Waals surface area contributed by atoms with Crippen LogP contribution in [0.4, 0.5) is 0 Å². The van der Waals surface area contributed by atoms with Gasteiger partial charge in [-0.3, -0.25) is 9.69 Å². The summed E-state index contributed by atoms with van der Waals surface area (Å²) in [6.45, 7) is 7.47. The van der Waals surface area contributed by atoms with Gasteiger partial charge in [-0.25, -0.2) is 4.98 Å². The van der Waals surface area contributed by atoms with Gasteiger partial charge in [-0.2, -0.15) is 0 Å². The number of fused-ring (bicyclic) bond motifs is 1. The highest BCUT2D eigenvalue weighted by Crippen LogP contribution is 2.21. The van der Waals surface area contributed by atoms with Crippen LogP contribution in [0.15, 0.2) is 60.0 Å². The molecule has 6 heteroatoms. The Balaban J connectivity index is 1.29. The number of rotatable bonds is 7. The molecule has 0 N–H and O–H groups in total. The highest BCUT2D eigenvalue weighted by atomic mass is 32.2. The predicted octanol–water partition coefficient (Wildman–Crippen LogP) is 3.88. The Morgan fingerprint density at radius 1 is 1.07 bits per heavy atom. The van der Waals surface area contributed by atoms with Crippen molar-refractivity contribution in [2.24, 2.45) is 0 Å². The lowest BCUT2D eigenvalue weighted by Gasteiger charge is -2.35. The van der Waals surface area contributed by atoms with Gasteiger partial charge in [-0.1, -0.05) is 61.2 Å². The highest BCUT2D eigenvalue weighted by molar-refractivity contribution is 7.99. The molecule has 1 aliphatic rings. The minimum Gasteiger partial charge on any atom is -0.339 e. The smallest absolute Gasteiger partial charge is 0.233 e. The van der Waals surface area contributed by atoms with E-state index in [4.69, 9.17) is 0 Å². The molecule has 2 aromatic carbocycles. The van der Waals surface area contributed by atoms with Gasteiger partial charge in [0.15, 0.2) is 5.16 Å². The van der Waals surface area contributed by atoms with Crippen LogP contribution in [0.3, 0.4) is 0 Å². The van der Waals surface area contributed by atoms with Crippen molar-refractivity contribution in [3.8, 4) is 0 Å². The highest BCUT2D eigenvalue weighted by Gasteiger charge is 2.22. The van der Waals surface area contributed by atoms with Crippen LogP contribution in [0.5, 0.6) is 0 Å². The lowest BCUT2D eigenvalue weighted by atomic mass is 10.0. The molecule has 0 unspecified atom stereocenters. The number of carbonyl (C=O) groups excluding carboxylic acids is 1. The van der Waals surface area contributed by atoms with E-state index in [1.165, 1.54) is 16.3 Å². The fourth-order valence-electron chi connectivity index (χ4n) is 3.89. The van der Waals surface area contributed by atoms with E-state index in [9.17, 15) is 4.79 Å².